The maximum atomic E-state index is 15.0. The summed E-state index contributed by atoms with van der Waals surface area (Å²) in [6, 6.07) is 16.4. The van der Waals surface area contributed by atoms with Crippen molar-refractivity contribution in [3.05, 3.63) is 66.0 Å². The number of carboxylic acid groups (broad SMARTS) is 1. The fraction of sp³-hybridized carbons (Fsp3) is 0.379. The highest BCUT2D eigenvalue weighted by Crippen LogP contribution is 2.44. The third kappa shape index (κ3) is 5.52. The molecule has 2 amide bonds. The van der Waals surface area contributed by atoms with E-state index < -0.39 is 11.6 Å². The summed E-state index contributed by atoms with van der Waals surface area (Å²) in [7, 11) is 1.59. The molecule has 0 radical (unpaired) electrons. The van der Waals surface area contributed by atoms with E-state index in [1.165, 1.54) is 11.0 Å². The summed E-state index contributed by atoms with van der Waals surface area (Å²) in [4.78, 5) is 25.4. The molecule has 2 aliphatic carbocycles. The summed E-state index contributed by atoms with van der Waals surface area (Å²) >= 11 is 0. The molecule has 2 aromatic carbocycles. The number of carbonyl (C=O) groups is 2. The zero-order valence-electron chi connectivity index (χ0n) is 21.4. The standard InChI is InChI=1S/C29H32FN5O3/c1-35(28(37)38)21-10-7-18(8-11-21)15-26(36)32-25-17-22(19-5-3-2-4-6-19)27(34-33-25)20-9-12-23(24(30)16-20)29(31)13-14-29/h2-6,9,12,16-18,21H,7-8,10-11,13-15,31H2,1H3,(H,37,38)(H,32,33,36). The van der Waals surface area contributed by atoms with Crippen molar-refractivity contribution in [3.63, 3.8) is 0 Å². The molecule has 2 fully saturated rings. The topological polar surface area (TPSA) is 121 Å². The lowest BCUT2D eigenvalue weighted by molar-refractivity contribution is -0.117. The molecule has 198 valence electrons. The van der Waals surface area contributed by atoms with Crippen LogP contribution < -0.4 is 11.1 Å². The number of nitrogens with two attached hydrogens (primary N) is 1. The summed E-state index contributed by atoms with van der Waals surface area (Å²) in [6.45, 7) is 0. The summed E-state index contributed by atoms with van der Waals surface area (Å²) in [5.74, 6) is 0.0000796. The maximum absolute atomic E-state index is 15.0. The van der Waals surface area contributed by atoms with Gasteiger partial charge in [0.05, 0.1) is 0 Å². The molecule has 4 N–H and O–H groups in total. The van der Waals surface area contributed by atoms with Crippen molar-refractivity contribution < 1.29 is 19.1 Å². The third-order valence-corrected chi connectivity index (χ3v) is 7.85. The van der Waals surface area contributed by atoms with Crippen LogP contribution in [0.1, 0.15) is 50.5 Å². The highest BCUT2D eigenvalue weighted by atomic mass is 19.1. The van der Waals surface area contributed by atoms with Crippen molar-refractivity contribution in [2.75, 3.05) is 12.4 Å². The van der Waals surface area contributed by atoms with Crippen LogP contribution in [0.2, 0.25) is 0 Å². The average molecular weight is 518 g/mol. The maximum Gasteiger partial charge on any atom is 0.407 e. The van der Waals surface area contributed by atoms with Crippen molar-refractivity contribution >= 4 is 17.8 Å². The first-order chi connectivity index (χ1) is 18.2. The number of halogens is 1. The van der Waals surface area contributed by atoms with Gasteiger partial charge >= 0.3 is 6.09 Å². The molecule has 2 saturated carbocycles. The van der Waals surface area contributed by atoms with Crippen molar-refractivity contribution in [3.8, 4) is 22.4 Å². The van der Waals surface area contributed by atoms with E-state index in [-0.39, 0.29) is 23.7 Å². The Morgan fingerprint density at radius 3 is 2.39 bits per heavy atom. The molecule has 38 heavy (non-hydrogen) atoms. The summed E-state index contributed by atoms with van der Waals surface area (Å²) in [5, 5.41) is 20.7. The molecule has 1 aromatic heterocycles. The largest absolute Gasteiger partial charge is 0.465 e. The van der Waals surface area contributed by atoms with Crippen LogP contribution in [0, 0.1) is 11.7 Å². The quantitative estimate of drug-likeness (QED) is 0.386. The summed E-state index contributed by atoms with van der Waals surface area (Å²) in [5.41, 5.74) is 8.86. The fourth-order valence-electron chi connectivity index (χ4n) is 5.32. The predicted molar refractivity (Wildman–Crippen MR) is 143 cm³/mol. The van der Waals surface area contributed by atoms with Crippen LogP contribution in [0.3, 0.4) is 0 Å². The van der Waals surface area contributed by atoms with Crippen LogP contribution in [0.4, 0.5) is 15.0 Å². The molecule has 5 rings (SSSR count). The fourth-order valence-corrected chi connectivity index (χ4v) is 5.32. The molecule has 1 heterocycles. The van der Waals surface area contributed by atoms with Crippen molar-refractivity contribution in [2.45, 2.75) is 56.5 Å². The van der Waals surface area contributed by atoms with E-state index in [1.54, 1.807) is 19.2 Å². The first-order valence-electron chi connectivity index (χ1n) is 13.0. The molecule has 0 spiro atoms. The van der Waals surface area contributed by atoms with E-state index >= 15 is 0 Å². The van der Waals surface area contributed by atoms with E-state index in [9.17, 15) is 19.1 Å². The molecule has 8 nitrogen and oxygen atoms in total. The normalized spacial score (nSPS) is 20.0. The Morgan fingerprint density at radius 2 is 1.76 bits per heavy atom. The highest BCUT2D eigenvalue weighted by Gasteiger charge is 2.42. The van der Waals surface area contributed by atoms with Gasteiger partial charge in [-0.2, -0.15) is 0 Å². The van der Waals surface area contributed by atoms with Crippen LogP contribution in [-0.4, -0.2) is 45.3 Å². The molecular weight excluding hydrogens is 485 g/mol. The van der Waals surface area contributed by atoms with Gasteiger partial charge in [0.2, 0.25) is 5.91 Å². The minimum absolute atomic E-state index is 0.00258. The number of nitrogens with one attached hydrogen (secondary N) is 1. The molecule has 0 saturated heterocycles. The number of amides is 2. The van der Waals surface area contributed by atoms with Gasteiger partial charge in [0.1, 0.15) is 11.5 Å². The first kappa shape index (κ1) is 25.8. The van der Waals surface area contributed by atoms with Gasteiger partial charge in [0.15, 0.2) is 5.82 Å². The zero-order valence-corrected chi connectivity index (χ0v) is 21.4. The SMILES string of the molecule is CN(C(=O)O)C1CCC(CC(=O)Nc2cc(-c3ccccc3)c(-c3ccc(C4(N)CC4)c(F)c3)nn2)CC1. The van der Waals surface area contributed by atoms with Crippen LogP contribution in [0.5, 0.6) is 0 Å². The van der Waals surface area contributed by atoms with Gasteiger partial charge in [-0.05, 0) is 62.1 Å². The van der Waals surface area contributed by atoms with Crippen LogP contribution in [0.25, 0.3) is 22.4 Å². The average Bonchev–Trinajstić information content (AvgIpc) is 3.66. The number of rotatable bonds is 7. The van der Waals surface area contributed by atoms with E-state index in [0.717, 1.165) is 49.7 Å². The molecule has 2 aliphatic rings. The lowest BCUT2D eigenvalue weighted by atomic mass is 9.83. The molecule has 9 heteroatoms. The van der Waals surface area contributed by atoms with Crippen LogP contribution in [-0.2, 0) is 10.3 Å². The molecule has 0 unspecified atom stereocenters. The Labute approximate surface area is 221 Å². The third-order valence-electron chi connectivity index (χ3n) is 7.85. The van der Waals surface area contributed by atoms with E-state index in [4.69, 9.17) is 5.73 Å². The van der Waals surface area contributed by atoms with Gasteiger partial charge in [-0.25, -0.2) is 9.18 Å². The molecule has 0 atom stereocenters. The van der Waals surface area contributed by atoms with E-state index in [2.05, 4.69) is 15.5 Å². The molecule has 0 aliphatic heterocycles. The predicted octanol–water partition coefficient (Wildman–Crippen LogP) is 5.39. The Bertz CT molecular complexity index is 1340. The number of carbonyl (C=O) groups excluding carboxylic acids is 1. The molecule has 0 bridgehead atoms. The Kier molecular flexibility index (Phi) is 7.12. The van der Waals surface area contributed by atoms with Crippen LogP contribution >= 0.6 is 0 Å². The van der Waals surface area contributed by atoms with Gasteiger partial charge in [-0.15, -0.1) is 10.2 Å². The highest BCUT2D eigenvalue weighted by molar-refractivity contribution is 5.91. The zero-order chi connectivity index (χ0) is 26.9. The smallest absolute Gasteiger partial charge is 0.407 e. The number of hydrogen-bond donors (Lipinski definition) is 3. The van der Waals surface area contributed by atoms with E-state index in [0.29, 0.717) is 29.1 Å². The van der Waals surface area contributed by atoms with Crippen molar-refractivity contribution in [1.29, 1.82) is 0 Å². The first-order valence-corrected chi connectivity index (χ1v) is 13.0. The second-order valence-electron chi connectivity index (χ2n) is 10.5. The van der Waals surface area contributed by atoms with Gasteiger partial charge in [-0.1, -0.05) is 42.5 Å². The molecular formula is C29H32FN5O3. The Balaban J connectivity index is 1.32. The Hall–Kier alpha value is -3.85. The number of benzene rings is 2. The minimum atomic E-state index is -0.924. The van der Waals surface area contributed by atoms with Crippen molar-refractivity contribution in [1.82, 2.24) is 15.1 Å². The number of nitrogens with zero attached hydrogens (tertiary/aromatic N) is 3. The molecule has 3 aromatic rings. The van der Waals surface area contributed by atoms with Gasteiger partial charge in [-0.3, -0.25) is 4.79 Å². The number of hydrogen-bond acceptors (Lipinski definition) is 5. The van der Waals surface area contributed by atoms with Crippen LogP contribution in [0.15, 0.2) is 54.6 Å². The Morgan fingerprint density at radius 1 is 1.05 bits per heavy atom. The second kappa shape index (κ2) is 10.5. The number of anilines is 1. The van der Waals surface area contributed by atoms with Crippen molar-refractivity contribution in [2.24, 2.45) is 11.7 Å². The lowest BCUT2D eigenvalue weighted by Gasteiger charge is -2.32. The number of aromatic nitrogens is 2. The second-order valence-corrected chi connectivity index (χ2v) is 10.5. The van der Waals surface area contributed by atoms with E-state index in [1.807, 2.05) is 36.4 Å². The summed E-state index contributed by atoms with van der Waals surface area (Å²) < 4.78 is 15.0. The monoisotopic (exact) mass is 517 g/mol. The lowest BCUT2D eigenvalue weighted by Crippen LogP contribution is -2.38. The van der Waals surface area contributed by atoms with Gasteiger partial charge < -0.3 is 21.1 Å². The minimum Gasteiger partial charge on any atom is -0.465 e. The van der Waals surface area contributed by atoms with Gasteiger partial charge in [0, 0.05) is 41.7 Å². The summed E-state index contributed by atoms with van der Waals surface area (Å²) in [6.07, 6.45) is 4.03. The van der Waals surface area contributed by atoms with Gasteiger partial charge in [0.25, 0.3) is 0 Å².